The molecule has 1 N–H and O–H groups in total. The van der Waals surface area contributed by atoms with Gasteiger partial charge in [-0.1, -0.05) is 12.1 Å². The van der Waals surface area contributed by atoms with Gasteiger partial charge < -0.3 is 14.9 Å². The Morgan fingerprint density at radius 2 is 2.14 bits per heavy atom. The second-order valence-corrected chi connectivity index (χ2v) is 6.75. The van der Waals surface area contributed by atoms with Gasteiger partial charge in [-0.05, 0) is 58.5 Å². The van der Waals surface area contributed by atoms with E-state index >= 15 is 0 Å². The second-order valence-electron chi connectivity index (χ2n) is 6.75. The minimum absolute atomic E-state index is 0.0280. The molecule has 116 valence electrons. The van der Waals surface area contributed by atoms with E-state index in [4.69, 9.17) is 0 Å². The molecule has 1 amide bonds. The summed E-state index contributed by atoms with van der Waals surface area (Å²) in [7, 11) is 4.03. The summed E-state index contributed by atoms with van der Waals surface area (Å²) < 4.78 is 0. The molecule has 1 atom stereocenters. The van der Waals surface area contributed by atoms with Crippen molar-refractivity contribution in [2.75, 3.05) is 20.6 Å². The molecule has 1 heterocycles. The lowest BCUT2D eigenvalue weighted by Gasteiger charge is -2.34. The summed E-state index contributed by atoms with van der Waals surface area (Å²) in [4.78, 5) is 16.7. The number of nitrogens with zero attached hydrogens (tertiary/aromatic N) is 2. The maximum atomic E-state index is 12.7. The van der Waals surface area contributed by atoms with Crippen molar-refractivity contribution in [3.63, 3.8) is 0 Å². The summed E-state index contributed by atoms with van der Waals surface area (Å²) in [6.45, 7) is 5.11. The van der Waals surface area contributed by atoms with Crippen LogP contribution >= 0.6 is 0 Å². The van der Waals surface area contributed by atoms with Crippen LogP contribution in [0.15, 0.2) is 24.3 Å². The number of rotatable bonds is 4. The maximum Gasteiger partial charge on any atom is 0.254 e. The van der Waals surface area contributed by atoms with Crippen molar-refractivity contribution in [1.82, 2.24) is 9.80 Å². The number of likely N-dealkylation sites (tertiary alicyclic amines) is 1. The second kappa shape index (κ2) is 6.16. The highest BCUT2D eigenvalue weighted by molar-refractivity contribution is 5.94. The molecule has 1 fully saturated rings. The van der Waals surface area contributed by atoms with Gasteiger partial charge in [0.2, 0.25) is 0 Å². The van der Waals surface area contributed by atoms with Gasteiger partial charge in [0.1, 0.15) is 0 Å². The average molecular weight is 290 g/mol. The van der Waals surface area contributed by atoms with Gasteiger partial charge >= 0.3 is 0 Å². The molecule has 0 spiro atoms. The van der Waals surface area contributed by atoms with Crippen LogP contribution in [0.2, 0.25) is 0 Å². The summed E-state index contributed by atoms with van der Waals surface area (Å²) in [5.74, 6) is 0.0280. The summed E-state index contributed by atoms with van der Waals surface area (Å²) in [5.41, 5.74) is 0.989. The highest BCUT2D eigenvalue weighted by Gasteiger charge is 2.38. The Labute approximate surface area is 127 Å². The number of hydrogen-bond acceptors (Lipinski definition) is 3. The predicted molar refractivity (Wildman–Crippen MR) is 84.2 cm³/mol. The van der Waals surface area contributed by atoms with Crippen LogP contribution in [-0.2, 0) is 6.54 Å². The molecule has 4 heteroatoms. The van der Waals surface area contributed by atoms with Crippen molar-refractivity contribution >= 4 is 5.91 Å². The van der Waals surface area contributed by atoms with Crippen molar-refractivity contribution < 1.29 is 9.90 Å². The lowest BCUT2D eigenvalue weighted by molar-refractivity contribution is 0.000332. The minimum Gasteiger partial charge on any atom is -0.388 e. The first kappa shape index (κ1) is 16.0. The number of hydrogen-bond donors (Lipinski definition) is 1. The zero-order chi connectivity index (χ0) is 15.6. The standard InChI is InChI=1S/C17H26N2O2/c1-17(2,21)15-9-6-10-19(15)16(20)14-8-5-7-13(11-14)12-18(3)4/h5,7-8,11,15,21H,6,9-10,12H2,1-4H3. The third-order valence-electron chi connectivity index (χ3n) is 4.00. The van der Waals surface area contributed by atoms with Gasteiger partial charge in [0.05, 0.1) is 11.6 Å². The van der Waals surface area contributed by atoms with E-state index in [0.717, 1.165) is 31.5 Å². The van der Waals surface area contributed by atoms with E-state index in [-0.39, 0.29) is 11.9 Å². The zero-order valence-corrected chi connectivity index (χ0v) is 13.5. The quantitative estimate of drug-likeness (QED) is 0.924. The zero-order valence-electron chi connectivity index (χ0n) is 13.5. The molecule has 0 radical (unpaired) electrons. The molecule has 1 saturated heterocycles. The Balaban J connectivity index is 2.19. The van der Waals surface area contributed by atoms with Crippen LogP contribution < -0.4 is 0 Å². The average Bonchev–Trinajstić information content (AvgIpc) is 2.86. The first-order chi connectivity index (χ1) is 9.79. The molecule has 1 aliphatic rings. The van der Waals surface area contributed by atoms with Crippen molar-refractivity contribution in [2.24, 2.45) is 0 Å². The van der Waals surface area contributed by atoms with Crippen LogP contribution in [0.5, 0.6) is 0 Å². The molecule has 2 rings (SSSR count). The predicted octanol–water partition coefficient (Wildman–Crippen LogP) is 2.12. The number of benzene rings is 1. The SMILES string of the molecule is CN(C)Cc1cccc(C(=O)N2CCCC2C(C)(C)O)c1. The number of carbonyl (C=O) groups is 1. The van der Waals surface area contributed by atoms with E-state index in [1.54, 1.807) is 13.8 Å². The van der Waals surface area contributed by atoms with E-state index < -0.39 is 5.60 Å². The van der Waals surface area contributed by atoms with Gasteiger partial charge in [0.15, 0.2) is 0 Å². The lowest BCUT2D eigenvalue weighted by Crippen LogP contribution is -2.48. The van der Waals surface area contributed by atoms with E-state index in [0.29, 0.717) is 5.56 Å². The molecule has 0 saturated carbocycles. The largest absolute Gasteiger partial charge is 0.388 e. The third kappa shape index (κ3) is 3.83. The van der Waals surface area contributed by atoms with E-state index in [1.807, 2.05) is 43.3 Å². The molecule has 4 nitrogen and oxygen atoms in total. The molecule has 1 aromatic rings. The molecular weight excluding hydrogens is 264 g/mol. The highest BCUT2D eigenvalue weighted by Crippen LogP contribution is 2.28. The molecule has 0 aromatic heterocycles. The number of amides is 1. The van der Waals surface area contributed by atoms with Crippen LogP contribution in [-0.4, -0.2) is 53.1 Å². The Bertz CT molecular complexity index is 506. The van der Waals surface area contributed by atoms with Crippen LogP contribution in [0.3, 0.4) is 0 Å². The van der Waals surface area contributed by atoms with Gasteiger partial charge in [-0.25, -0.2) is 0 Å². The van der Waals surface area contributed by atoms with Gasteiger partial charge in [0, 0.05) is 18.7 Å². The molecule has 1 aromatic carbocycles. The highest BCUT2D eigenvalue weighted by atomic mass is 16.3. The Kier molecular flexibility index (Phi) is 4.69. The number of carbonyl (C=O) groups excluding carboxylic acids is 1. The molecule has 1 unspecified atom stereocenters. The Morgan fingerprint density at radius 3 is 2.76 bits per heavy atom. The fraction of sp³-hybridized carbons (Fsp3) is 0.588. The van der Waals surface area contributed by atoms with Gasteiger partial charge in [-0.2, -0.15) is 0 Å². The van der Waals surface area contributed by atoms with Crippen LogP contribution in [0.4, 0.5) is 0 Å². The van der Waals surface area contributed by atoms with E-state index in [2.05, 4.69) is 4.90 Å². The molecule has 0 aliphatic carbocycles. The maximum absolute atomic E-state index is 12.7. The fourth-order valence-corrected chi connectivity index (χ4v) is 3.08. The molecule has 21 heavy (non-hydrogen) atoms. The van der Waals surface area contributed by atoms with Crippen molar-refractivity contribution in [3.8, 4) is 0 Å². The van der Waals surface area contributed by atoms with Gasteiger partial charge in [0.25, 0.3) is 5.91 Å². The Hall–Kier alpha value is -1.39. The van der Waals surface area contributed by atoms with Crippen molar-refractivity contribution in [3.05, 3.63) is 35.4 Å². The summed E-state index contributed by atoms with van der Waals surface area (Å²) in [5, 5.41) is 10.3. The van der Waals surface area contributed by atoms with E-state index in [9.17, 15) is 9.90 Å². The number of aliphatic hydroxyl groups is 1. The smallest absolute Gasteiger partial charge is 0.254 e. The van der Waals surface area contributed by atoms with Gasteiger partial charge in [-0.15, -0.1) is 0 Å². The first-order valence-corrected chi connectivity index (χ1v) is 7.56. The fourth-order valence-electron chi connectivity index (χ4n) is 3.08. The lowest BCUT2D eigenvalue weighted by atomic mass is 9.96. The van der Waals surface area contributed by atoms with Gasteiger partial charge in [-0.3, -0.25) is 4.79 Å². The Morgan fingerprint density at radius 1 is 1.43 bits per heavy atom. The van der Waals surface area contributed by atoms with Crippen LogP contribution in [0, 0.1) is 0 Å². The van der Waals surface area contributed by atoms with E-state index in [1.165, 1.54) is 0 Å². The monoisotopic (exact) mass is 290 g/mol. The van der Waals surface area contributed by atoms with Crippen molar-refractivity contribution in [1.29, 1.82) is 0 Å². The minimum atomic E-state index is -0.854. The summed E-state index contributed by atoms with van der Waals surface area (Å²) in [6.07, 6.45) is 1.82. The molecule has 0 bridgehead atoms. The normalized spacial score (nSPS) is 19.3. The summed E-state index contributed by atoms with van der Waals surface area (Å²) in [6, 6.07) is 7.70. The molecule has 1 aliphatic heterocycles. The topological polar surface area (TPSA) is 43.8 Å². The molecular formula is C17H26N2O2. The third-order valence-corrected chi connectivity index (χ3v) is 4.00. The van der Waals surface area contributed by atoms with Crippen molar-refractivity contribution in [2.45, 2.75) is 44.9 Å². The van der Waals surface area contributed by atoms with Crippen LogP contribution in [0.1, 0.15) is 42.6 Å². The summed E-state index contributed by atoms with van der Waals surface area (Å²) >= 11 is 0. The first-order valence-electron chi connectivity index (χ1n) is 7.56. The van der Waals surface area contributed by atoms with Crippen LogP contribution in [0.25, 0.3) is 0 Å².